The molecular formula is C16H25N5O2. The molecule has 2 aliphatic rings. The van der Waals surface area contributed by atoms with Gasteiger partial charge in [-0.15, -0.1) is 0 Å². The van der Waals surface area contributed by atoms with Crippen LogP contribution in [-0.2, 0) is 11.8 Å². The number of aryl methyl sites for hydroxylation is 1. The Bertz CT molecular complexity index is 565. The highest BCUT2D eigenvalue weighted by Crippen LogP contribution is 2.13. The summed E-state index contributed by atoms with van der Waals surface area (Å²) in [5.74, 6) is 0.0857. The molecule has 1 aromatic rings. The number of amides is 2. The summed E-state index contributed by atoms with van der Waals surface area (Å²) < 4.78 is 1.76. The summed E-state index contributed by atoms with van der Waals surface area (Å²) >= 11 is 0. The second kappa shape index (κ2) is 7.12. The van der Waals surface area contributed by atoms with Gasteiger partial charge in [-0.05, 0) is 32.2 Å². The Hall–Kier alpha value is -1.89. The summed E-state index contributed by atoms with van der Waals surface area (Å²) in [6, 6.07) is 0.0876. The summed E-state index contributed by atoms with van der Waals surface area (Å²) in [5, 5.41) is 3.04. The highest BCUT2D eigenvalue weighted by molar-refractivity contribution is 5.92. The van der Waals surface area contributed by atoms with Gasteiger partial charge in [-0.25, -0.2) is 4.98 Å². The van der Waals surface area contributed by atoms with Gasteiger partial charge in [0.05, 0.1) is 12.9 Å². The maximum absolute atomic E-state index is 12.3. The number of nitrogens with zero attached hydrogens (tertiary/aromatic N) is 4. The zero-order valence-electron chi connectivity index (χ0n) is 13.7. The van der Waals surface area contributed by atoms with E-state index in [0.717, 1.165) is 51.9 Å². The number of hydrogen-bond acceptors (Lipinski definition) is 4. The quantitative estimate of drug-likeness (QED) is 0.863. The van der Waals surface area contributed by atoms with Gasteiger partial charge < -0.3 is 14.8 Å². The summed E-state index contributed by atoms with van der Waals surface area (Å²) in [4.78, 5) is 32.6. The minimum absolute atomic E-state index is 0.0876. The highest BCUT2D eigenvalue weighted by atomic mass is 16.2. The molecule has 0 bridgehead atoms. The molecule has 0 saturated carbocycles. The van der Waals surface area contributed by atoms with Crippen LogP contribution < -0.4 is 5.32 Å². The Morgan fingerprint density at radius 1 is 1.26 bits per heavy atom. The van der Waals surface area contributed by atoms with Gasteiger partial charge in [0, 0.05) is 38.9 Å². The van der Waals surface area contributed by atoms with E-state index in [4.69, 9.17) is 0 Å². The first-order valence-electron chi connectivity index (χ1n) is 8.41. The number of carbonyl (C=O) groups excluding carboxylic acids is 2. The molecule has 2 aliphatic heterocycles. The van der Waals surface area contributed by atoms with Crippen molar-refractivity contribution >= 4 is 11.8 Å². The maximum atomic E-state index is 12.3. The normalized spacial score (nSPS) is 22.3. The number of imidazole rings is 1. The molecule has 2 fully saturated rings. The van der Waals surface area contributed by atoms with Crippen LogP contribution in [-0.4, -0.2) is 69.9 Å². The Labute approximate surface area is 136 Å². The molecule has 1 N–H and O–H groups in total. The lowest BCUT2D eigenvalue weighted by Crippen LogP contribution is -2.50. The molecule has 126 valence electrons. The van der Waals surface area contributed by atoms with Crippen molar-refractivity contribution in [3.05, 3.63) is 18.2 Å². The average molecular weight is 319 g/mol. The van der Waals surface area contributed by atoms with Crippen LogP contribution in [0, 0.1) is 0 Å². The smallest absolute Gasteiger partial charge is 0.271 e. The number of aromatic nitrogens is 2. The molecule has 0 aliphatic carbocycles. The van der Waals surface area contributed by atoms with E-state index in [-0.39, 0.29) is 17.9 Å². The van der Waals surface area contributed by atoms with E-state index in [1.54, 1.807) is 17.1 Å². The second-order valence-corrected chi connectivity index (χ2v) is 6.56. The Morgan fingerprint density at radius 2 is 2.04 bits per heavy atom. The van der Waals surface area contributed by atoms with Gasteiger partial charge in [0.15, 0.2) is 0 Å². The summed E-state index contributed by atoms with van der Waals surface area (Å²) in [6.07, 6.45) is 7.53. The fourth-order valence-corrected chi connectivity index (χ4v) is 3.36. The Morgan fingerprint density at radius 3 is 2.74 bits per heavy atom. The van der Waals surface area contributed by atoms with E-state index in [0.29, 0.717) is 12.2 Å². The van der Waals surface area contributed by atoms with Gasteiger partial charge in [-0.2, -0.15) is 0 Å². The largest absolute Gasteiger partial charge is 0.347 e. The molecule has 3 heterocycles. The van der Waals surface area contributed by atoms with E-state index in [1.807, 2.05) is 11.9 Å². The molecule has 2 amide bonds. The van der Waals surface area contributed by atoms with Gasteiger partial charge in [0.1, 0.15) is 5.69 Å². The number of nitrogens with one attached hydrogen (secondary N) is 1. The third-order valence-corrected chi connectivity index (χ3v) is 4.60. The van der Waals surface area contributed by atoms with Gasteiger partial charge >= 0.3 is 0 Å². The van der Waals surface area contributed by atoms with Crippen LogP contribution in [0.1, 0.15) is 36.2 Å². The van der Waals surface area contributed by atoms with E-state index >= 15 is 0 Å². The summed E-state index contributed by atoms with van der Waals surface area (Å²) in [5.41, 5.74) is 0.442. The van der Waals surface area contributed by atoms with Crippen molar-refractivity contribution in [2.45, 2.75) is 31.7 Å². The van der Waals surface area contributed by atoms with E-state index in [9.17, 15) is 9.59 Å². The van der Waals surface area contributed by atoms with Crippen LogP contribution in [0.3, 0.4) is 0 Å². The average Bonchev–Trinajstić information content (AvgIpc) is 3.18. The van der Waals surface area contributed by atoms with Crippen LogP contribution in [0.25, 0.3) is 0 Å². The van der Waals surface area contributed by atoms with Crippen molar-refractivity contribution in [3.63, 3.8) is 0 Å². The molecule has 1 atom stereocenters. The van der Waals surface area contributed by atoms with Crippen molar-refractivity contribution in [1.82, 2.24) is 24.7 Å². The lowest BCUT2D eigenvalue weighted by Gasteiger charge is -2.33. The molecule has 7 nitrogen and oxygen atoms in total. The van der Waals surface area contributed by atoms with Crippen LogP contribution in [0.2, 0.25) is 0 Å². The first-order chi connectivity index (χ1) is 11.1. The number of hydrogen-bond donors (Lipinski definition) is 1. The predicted octanol–water partition coefficient (Wildman–Crippen LogP) is 0.237. The van der Waals surface area contributed by atoms with E-state index in [1.165, 1.54) is 0 Å². The topological polar surface area (TPSA) is 70.5 Å². The standard InChI is InChI=1S/C16H25N5O2/c1-19-10-14(17-12-19)16(23)18-13-5-4-6-20(9-13)11-15(22)21-7-2-3-8-21/h10,12-13H,2-9,11H2,1H3,(H,18,23). The first-order valence-corrected chi connectivity index (χ1v) is 8.41. The number of piperidine rings is 1. The highest BCUT2D eigenvalue weighted by Gasteiger charge is 2.26. The van der Waals surface area contributed by atoms with Gasteiger partial charge in [0.25, 0.3) is 5.91 Å². The fourth-order valence-electron chi connectivity index (χ4n) is 3.36. The SMILES string of the molecule is Cn1cnc(C(=O)NC2CCCN(CC(=O)N3CCCC3)C2)c1. The second-order valence-electron chi connectivity index (χ2n) is 6.56. The molecule has 3 rings (SSSR count). The molecule has 1 unspecified atom stereocenters. The number of likely N-dealkylation sites (tertiary alicyclic amines) is 2. The minimum atomic E-state index is -0.136. The lowest BCUT2D eigenvalue weighted by molar-refractivity contribution is -0.131. The van der Waals surface area contributed by atoms with Crippen LogP contribution in [0.5, 0.6) is 0 Å². The Kier molecular flexibility index (Phi) is 4.95. The van der Waals surface area contributed by atoms with Crippen LogP contribution in [0.4, 0.5) is 0 Å². The monoisotopic (exact) mass is 319 g/mol. The van der Waals surface area contributed by atoms with Crippen molar-refractivity contribution in [2.24, 2.45) is 7.05 Å². The van der Waals surface area contributed by atoms with E-state index in [2.05, 4.69) is 15.2 Å². The van der Waals surface area contributed by atoms with E-state index < -0.39 is 0 Å². The Balaban J connectivity index is 1.49. The molecule has 0 spiro atoms. The zero-order chi connectivity index (χ0) is 16.2. The lowest BCUT2D eigenvalue weighted by atomic mass is 10.1. The fraction of sp³-hybridized carbons (Fsp3) is 0.688. The summed E-state index contributed by atoms with van der Waals surface area (Å²) in [6.45, 7) is 3.92. The zero-order valence-corrected chi connectivity index (χ0v) is 13.7. The minimum Gasteiger partial charge on any atom is -0.347 e. The predicted molar refractivity (Wildman–Crippen MR) is 86.0 cm³/mol. The van der Waals surface area contributed by atoms with Crippen molar-refractivity contribution in [1.29, 1.82) is 0 Å². The van der Waals surface area contributed by atoms with Crippen LogP contribution in [0.15, 0.2) is 12.5 Å². The van der Waals surface area contributed by atoms with Crippen molar-refractivity contribution in [3.8, 4) is 0 Å². The van der Waals surface area contributed by atoms with Gasteiger partial charge in [0.2, 0.25) is 5.91 Å². The van der Waals surface area contributed by atoms with Gasteiger partial charge in [-0.1, -0.05) is 0 Å². The van der Waals surface area contributed by atoms with Crippen LogP contribution >= 0.6 is 0 Å². The maximum Gasteiger partial charge on any atom is 0.271 e. The molecule has 0 aromatic carbocycles. The van der Waals surface area contributed by atoms with Crippen molar-refractivity contribution < 1.29 is 9.59 Å². The van der Waals surface area contributed by atoms with Crippen molar-refractivity contribution in [2.75, 3.05) is 32.7 Å². The third-order valence-electron chi connectivity index (χ3n) is 4.60. The molecule has 23 heavy (non-hydrogen) atoms. The molecule has 7 heteroatoms. The number of rotatable bonds is 4. The molecular weight excluding hydrogens is 294 g/mol. The molecule has 2 saturated heterocycles. The molecule has 0 radical (unpaired) electrons. The van der Waals surface area contributed by atoms with Gasteiger partial charge in [-0.3, -0.25) is 14.5 Å². The molecule has 1 aromatic heterocycles. The number of carbonyl (C=O) groups is 2. The summed E-state index contributed by atoms with van der Waals surface area (Å²) in [7, 11) is 1.84. The third kappa shape index (κ3) is 4.10. The first kappa shape index (κ1) is 16.0.